The zero-order chi connectivity index (χ0) is 20.2. The fourth-order valence-electron chi connectivity index (χ4n) is 4.36. The summed E-state index contributed by atoms with van der Waals surface area (Å²) in [4.78, 5) is 32.7. The molecule has 2 heterocycles. The molecule has 8 heteroatoms. The standard InChI is InChI=1S/C21H29N3O3S2/c1-27-12-11-24-20(26)18-15-9-5-6-10-16(15)29-19(18)23-21(24)28-13-17(25)22-14-7-3-2-4-8-14/h14H,2-13H2,1H3,(H,22,25). The van der Waals surface area contributed by atoms with E-state index in [2.05, 4.69) is 5.32 Å². The van der Waals surface area contributed by atoms with Crippen molar-refractivity contribution in [2.45, 2.75) is 75.5 Å². The fraction of sp³-hybridized carbons (Fsp3) is 0.667. The van der Waals surface area contributed by atoms with Gasteiger partial charge in [-0.3, -0.25) is 14.2 Å². The van der Waals surface area contributed by atoms with Gasteiger partial charge in [0.25, 0.3) is 5.56 Å². The number of thioether (sulfide) groups is 1. The third-order valence-corrected chi connectivity index (χ3v) is 8.02. The zero-order valence-electron chi connectivity index (χ0n) is 17.0. The van der Waals surface area contributed by atoms with Crippen molar-refractivity contribution in [1.82, 2.24) is 14.9 Å². The lowest BCUT2D eigenvalue weighted by Gasteiger charge is -2.22. The van der Waals surface area contributed by atoms with E-state index in [-0.39, 0.29) is 17.2 Å². The summed E-state index contributed by atoms with van der Waals surface area (Å²) in [5.41, 5.74) is 1.22. The van der Waals surface area contributed by atoms with Gasteiger partial charge in [-0.15, -0.1) is 11.3 Å². The highest BCUT2D eigenvalue weighted by Gasteiger charge is 2.23. The second kappa shape index (κ2) is 9.62. The van der Waals surface area contributed by atoms with Gasteiger partial charge in [-0.1, -0.05) is 31.0 Å². The Morgan fingerprint density at radius 3 is 2.83 bits per heavy atom. The van der Waals surface area contributed by atoms with Crippen molar-refractivity contribution < 1.29 is 9.53 Å². The van der Waals surface area contributed by atoms with Crippen molar-refractivity contribution >= 4 is 39.2 Å². The Balaban J connectivity index is 1.56. The molecule has 2 aromatic rings. The Bertz CT molecular complexity index is 931. The third-order valence-electron chi connectivity index (χ3n) is 5.86. The highest BCUT2D eigenvalue weighted by Crippen LogP contribution is 2.34. The molecule has 1 amide bonds. The molecule has 1 saturated carbocycles. The van der Waals surface area contributed by atoms with Crippen LogP contribution in [0.15, 0.2) is 9.95 Å². The SMILES string of the molecule is COCCn1c(SCC(=O)NC2CCCCC2)nc2sc3c(c2c1=O)CCCC3. The van der Waals surface area contributed by atoms with Crippen LogP contribution in [0.2, 0.25) is 0 Å². The molecule has 2 aromatic heterocycles. The van der Waals surface area contributed by atoms with Crippen LogP contribution in [0.4, 0.5) is 0 Å². The van der Waals surface area contributed by atoms with Gasteiger partial charge in [0.15, 0.2) is 5.16 Å². The molecular weight excluding hydrogens is 406 g/mol. The number of aryl methyl sites for hydroxylation is 2. The van der Waals surface area contributed by atoms with Gasteiger partial charge in [-0.05, 0) is 44.1 Å². The zero-order valence-corrected chi connectivity index (χ0v) is 18.6. The van der Waals surface area contributed by atoms with Crippen molar-refractivity contribution in [3.05, 3.63) is 20.8 Å². The number of hydrogen-bond donors (Lipinski definition) is 1. The lowest BCUT2D eigenvalue weighted by molar-refractivity contribution is -0.119. The van der Waals surface area contributed by atoms with Gasteiger partial charge in [0, 0.05) is 18.0 Å². The predicted molar refractivity (Wildman–Crippen MR) is 118 cm³/mol. The molecule has 0 bridgehead atoms. The third kappa shape index (κ3) is 4.70. The lowest BCUT2D eigenvalue weighted by atomic mass is 9.95. The van der Waals surface area contributed by atoms with Crippen molar-refractivity contribution in [3.8, 4) is 0 Å². The van der Waals surface area contributed by atoms with Crippen molar-refractivity contribution in [3.63, 3.8) is 0 Å². The average molecular weight is 436 g/mol. The molecule has 0 radical (unpaired) electrons. The quantitative estimate of drug-likeness (QED) is 0.532. The maximum absolute atomic E-state index is 13.3. The van der Waals surface area contributed by atoms with E-state index < -0.39 is 0 Å². The minimum Gasteiger partial charge on any atom is -0.383 e. The normalized spacial score (nSPS) is 17.4. The van der Waals surface area contributed by atoms with Crippen molar-refractivity contribution in [2.24, 2.45) is 0 Å². The Morgan fingerprint density at radius 1 is 1.24 bits per heavy atom. The summed E-state index contributed by atoms with van der Waals surface area (Å²) >= 11 is 3.01. The van der Waals surface area contributed by atoms with Crippen LogP contribution in [-0.2, 0) is 28.9 Å². The van der Waals surface area contributed by atoms with Crippen LogP contribution >= 0.6 is 23.1 Å². The topological polar surface area (TPSA) is 73.2 Å². The van der Waals surface area contributed by atoms with E-state index in [0.717, 1.165) is 42.3 Å². The summed E-state index contributed by atoms with van der Waals surface area (Å²) < 4.78 is 6.92. The molecule has 1 fully saturated rings. The molecule has 6 nitrogen and oxygen atoms in total. The summed E-state index contributed by atoms with van der Waals surface area (Å²) in [5, 5.41) is 4.56. The maximum atomic E-state index is 13.3. The molecule has 158 valence electrons. The van der Waals surface area contributed by atoms with E-state index in [9.17, 15) is 9.59 Å². The molecule has 29 heavy (non-hydrogen) atoms. The minimum absolute atomic E-state index is 0.0154. The highest BCUT2D eigenvalue weighted by atomic mass is 32.2. The molecule has 2 aliphatic rings. The van der Waals surface area contributed by atoms with Gasteiger partial charge in [0.1, 0.15) is 4.83 Å². The number of carbonyl (C=O) groups is 1. The summed E-state index contributed by atoms with van der Waals surface area (Å²) in [5.74, 6) is 0.312. The Labute approximate surface area is 179 Å². The maximum Gasteiger partial charge on any atom is 0.263 e. The van der Waals surface area contributed by atoms with Crippen LogP contribution in [0.25, 0.3) is 10.2 Å². The van der Waals surface area contributed by atoms with E-state index in [4.69, 9.17) is 9.72 Å². The number of thiophene rings is 1. The number of rotatable bonds is 7. The summed E-state index contributed by atoms with van der Waals surface area (Å²) in [6, 6.07) is 0.298. The average Bonchev–Trinajstić information content (AvgIpc) is 3.11. The number of methoxy groups -OCH3 is 1. The van der Waals surface area contributed by atoms with Gasteiger partial charge < -0.3 is 10.1 Å². The molecule has 0 aliphatic heterocycles. The molecule has 2 aliphatic carbocycles. The van der Waals surface area contributed by atoms with E-state index in [1.165, 1.54) is 47.9 Å². The van der Waals surface area contributed by atoms with Crippen LogP contribution in [0.3, 0.4) is 0 Å². The number of aromatic nitrogens is 2. The molecule has 1 N–H and O–H groups in total. The number of amides is 1. The number of carbonyl (C=O) groups excluding carboxylic acids is 1. The molecule has 0 saturated heterocycles. The number of nitrogens with one attached hydrogen (secondary N) is 1. The van der Waals surface area contributed by atoms with Crippen molar-refractivity contribution in [1.29, 1.82) is 0 Å². The molecular formula is C21H29N3O3S2. The first-order valence-corrected chi connectivity index (χ1v) is 12.4. The van der Waals surface area contributed by atoms with Gasteiger partial charge in [-0.2, -0.15) is 0 Å². The number of nitrogens with zero attached hydrogens (tertiary/aromatic N) is 2. The van der Waals surface area contributed by atoms with E-state index in [0.29, 0.717) is 24.3 Å². The number of ether oxygens (including phenoxy) is 1. The highest BCUT2D eigenvalue weighted by molar-refractivity contribution is 7.99. The molecule has 0 unspecified atom stereocenters. The summed E-state index contributed by atoms with van der Waals surface area (Å²) in [7, 11) is 1.63. The summed E-state index contributed by atoms with van der Waals surface area (Å²) in [6.07, 6.45) is 10.1. The van der Waals surface area contributed by atoms with Crippen molar-refractivity contribution in [2.75, 3.05) is 19.5 Å². The first-order chi connectivity index (χ1) is 14.2. The minimum atomic E-state index is 0.0154. The van der Waals surface area contributed by atoms with Gasteiger partial charge in [0.2, 0.25) is 5.91 Å². The first-order valence-electron chi connectivity index (χ1n) is 10.6. The van der Waals surface area contributed by atoms with E-state index >= 15 is 0 Å². The van der Waals surface area contributed by atoms with Crippen LogP contribution < -0.4 is 10.9 Å². The van der Waals surface area contributed by atoms with E-state index in [1.807, 2.05) is 0 Å². The molecule has 0 spiro atoms. The fourth-order valence-corrected chi connectivity index (χ4v) is 6.50. The van der Waals surface area contributed by atoms with Crippen LogP contribution in [0.5, 0.6) is 0 Å². The second-order valence-electron chi connectivity index (χ2n) is 7.93. The van der Waals surface area contributed by atoms with Crippen LogP contribution in [0.1, 0.15) is 55.4 Å². The smallest absolute Gasteiger partial charge is 0.263 e. The largest absolute Gasteiger partial charge is 0.383 e. The van der Waals surface area contributed by atoms with Gasteiger partial charge in [0.05, 0.1) is 24.3 Å². The van der Waals surface area contributed by atoms with Crippen LogP contribution in [-0.4, -0.2) is 41.0 Å². The Morgan fingerprint density at radius 2 is 2.03 bits per heavy atom. The number of fused-ring (bicyclic) bond motifs is 3. The molecule has 0 aromatic carbocycles. The first kappa shape index (κ1) is 20.9. The van der Waals surface area contributed by atoms with Gasteiger partial charge >= 0.3 is 0 Å². The Hall–Kier alpha value is -1.38. The second-order valence-corrected chi connectivity index (χ2v) is 9.95. The Kier molecular flexibility index (Phi) is 6.92. The monoisotopic (exact) mass is 435 g/mol. The lowest BCUT2D eigenvalue weighted by Crippen LogP contribution is -2.37. The van der Waals surface area contributed by atoms with E-state index in [1.54, 1.807) is 23.0 Å². The molecule has 4 rings (SSSR count). The van der Waals surface area contributed by atoms with Crippen LogP contribution in [0, 0.1) is 0 Å². The number of hydrogen-bond acceptors (Lipinski definition) is 6. The summed E-state index contributed by atoms with van der Waals surface area (Å²) in [6.45, 7) is 0.900. The molecule has 0 atom stereocenters. The van der Waals surface area contributed by atoms with Gasteiger partial charge in [-0.25, -0.2) is 4.98 Å². The predicted octanol–water partition coefficient (Wildman–Crippen LogP) is 3.52.